The second-order valence-corrected chi connectivity index (χ2v) is 11.2. The molecule has 43 heavy (non-hydrogen) atoms. The van der Waals surface area contributed by atoms with Crippen molar-refractivity contribution in [2.75, 3.05) is 23.4 Å². The Hall–Kier alpha value is -4.53. The summed E-state index contributed by atoms with van der Waals surface area (Å²) < 4.78 is 11.6. The first-order valence-corrected chi connectivity index (χ1v) is 14.9. The standard InChI is InChI=1S/C34H30ClN3O4S/c1-4-41-30-19-24(9-18-29(30)42-21-32(39)36-26-14-10-25(35)11-15-26)20-31-33(40)38(28-16-7-23(3)8-17-28)34(43-31)37-27-12-5-22(2)6-13-27/h5-20H,4,21H2,1-3H3,(H,36,39)/b31-20-,37-34?. The summed E-state index contributed by atoms with van der Waals surface area (Å²) in [5.41, 5.74) is 5.11. The van der Waals surface area contributed by atoms with E-state index in [1.54, 1.807) is 41.3 Å². The fourth-order valence-electron chi connectivity index (χ4n) is 4.23. The number of nitrogens with one attached hydrogen (secondary N) is 1. The van der Waals surface area contributed by atoms with E-state index in [4.69, 9.17) is 26.1 Å². The first kappa shape index (κ1) is 29.9. The number of hydrogen-bond acceptors (Lipinski definition) is 6. The van der Waals surface area contributed by atoms with Crippen molar-refractivity contribution < 1.29 is 19.1 Å². The van der Waals surface area contributed by atoms with Crippen LogP contribution in [0.15, 0.2) is 101 Å². The van der Waals surface area contributed by atoms with E-state index in [1.807, 2.05) is 81.4 Å². The summed E-state index contributed by atoms with van der Waals surface area (Å²) in [6.45, 7) is 6.09. The molecule has 0 radical (unpaired) electrons. The van der Waals surface area contributed by atoms with Crippen LogP contribution >= 0.6 is 23.4 Å². The van der Waals surface area contributed by atoms with Gasteiger partial charge in [0.25, 0.3) is 11.8 Å². The number of carbonyl (C=O) groups excluding carboxylic acids is 2. The topological polar surface area (TPSA) is 80.2 Å². The summed E-state index contributed by atoms with van der Waals surface area (Å²) in [7, 11) is 0. The number of carbonyl (C=O) groups is 2. The van der Waals surface area contributed by atoms with Gasteiger partial charge in [0.05, 0.1) is 22.9 Å². The Labute approximate surface area is 260 Å². The predicted octanol–water partition coefficient (Wildman–Crippen LogP) is 8.18. The summed E-state index contributed by atoms with van der Waals surface area (Å²) in [6.07, 6.45) is 1.81. The number of hydrogen-bond donors (Lipinski definition) is 1. The molecule has 1 aliphatic heterocycles. The maximum absolute atomic E-state index is 13.7. The number of rotatable bonds is 9. The lowest BCUT2D eigenvalue weighted by Crippen LogP contribution is -2.28. The monoisotopic (exact) mass is 611 g/mol. The van der Waals surface area contributed by atoms with E-state index in [1.165, 1.54) is 11.8 Å². The predicted molar refractivity (Wildman–Crippen MR) is 176 cm³/mol. The van der Waals surface area contributed by atoms with E-state index in [0.29, 0.717) is 38.9 Å². The van der Waals surface area contributed by atoms with Gasteiger partial charge in [-0.05, 0) is 105 Å². The fourth-order valence-corrected chi connectivity index (χ4v) is 5.35. The zero-order chi connectivity index (χ0) is 30.3. The van der Waals surface area contributed by atoms with Crippen molar-refractivity contribution in [3.8, 4) is 11.5 Å². The second kappa shape index (κ2) is 13.6. The largest absolute Gasteiger partial charge is 0.490 e. The van der Waals surface area contributed by atoms with Crippen LogP contribution in [0.25, 0.3) is 6.08 Å². The van der Waals surface area contributed by atoms with Crippen LogP contribution in [0.3, 0.4) is 0 Å². The van der Waals surface area contributed by atoms with Gasteiger partial charge in [-0.2, -0.15) is 0 Å². The minimum atomic E-state index is -0.319. The summed E-state index contributed by atoms with van der Waals surface area (Å²) >= 11 is 7.23. The maximum Gasteiger partial charge on any atom is 0.271 e. The molecule has 5 rings (SSSR count). The molecule has 0 atom stereocenters. The highest BCUT2D eigenvalue weighted by Gasteiger charge is 2.34. The number of aliphatic imine (C=N–C) groups is 1. The van der Waals surface area contributed by atoms with Crippen LogP contribution in [0.2, 0.25) is 5.02 Å². The van der Waals surface area contributed by atoms with E-state index in [2.05, 4.69) is 5.32 Å². The third-order valence-corrected chi connectivity index (χ3v) is 7.63. The van der Waals surface area contributed by atoms with Crippen LogP contribution in [-0.4, -0.2) is 30.2 Å². The molecule has 1 N–H and O–H groups in total. The number of aryl methyl sites for hydroxylation is 2. The molecule has 1 aliphatic rings. The lowest BCUT2D eigenvalue weighted by Gasteiger charge is -2.16. The maximum atomic E-state index is 13.7. The molecule has 218 valence electrons. The van der Waals surface area contributed by atoms with Gasteiger partial charge in [-0.3, -0.25) is 14.5 Å². The number of ether oxygens (including phenoxy) is 2. The molecule has 0 bridgehead atoms. The molecule has 0 saturated carbocycles. The Morgan fingerprint density at radius 3 is 2.26 bits per heavy atom. The van der Waals surface area contributed by atoms with Crippen molar-refractivity contribution in [1.82, 2.24) is 0 Å². The lowest BCUT2D eigenvalue weighted by molar-refractivity contribution is -0.118. The first-order valence-electron chi connectivity index (χ1n) is 13.7. The molecule has 9 heteroatoms. The summed E-state index contributed by atoms with van der Waals surface area (Å²) in [6, 6.07) is 27.8. The van der Waals surface area contributed by atoms with Gasteiger partial charge in [-0.1, -0.05) is 53.1 Å². The molecule has 1 saturated heterocycles. The molecule has 1 heterocycles. The Balaban J connectivity index is 1.38. The first-order chi connectivity index (χ1) is 20.8. The van der Waals surface area contributed by atoms with Gasteiger partial charge in [-0.15, -0.1) is 0 Å². The van der Waals surface area contributed by atoms with Crippen LogP contribution in [0, 0.1) is 13.8 Å². The highest BCUT2D eigenvalue weighted by molar-refractivity contribution is 8.19. The molecule has 1 fully saturated rings. The van der Waals surface area contributed by atoms with E-state index in [-0.39, 0.29) is 18.4 Å². The van der Waals surface area contributed by atoms with E-state index in [9.17, 15) is 9.59 Å². The number of halogens is 1. The van der Waals surface area contributed by atoms with Crippen molar-refractivity contribution in [1.29, 1.82) is 0 Å². The average molecular weight is 612 g/mol. The van der Waals surface area contributed by atoms with Crippen molar-refractivity contribution in [2.24, 2.45) is 4.99 Å². The molecule has 0 spiro atoms. The van der Waals surface area contributed by atoms with E-state index < -0.39 is 0 Å². The Morgan fingerprint density at radius 2 is 1.58 bits per heavy atom. The highest BCUT2D eigenvalue weighted by atomic mass is 35.5. The van der Waals surface area contributed by atoms with Gasteiger partial charge >= 0.3 is 0 Å². The van der Waals surface area contributed by atoms with Gasteiger partial charge in [-0.25, -0.2) is 4.99 Å². The van der Waals surface area contributed by atoms with Crippen molar-refractivity contribution in [3.63, 3.8) is 0 Å². The summed E-state index contributed by atoms with van der Waals surface area (Å²) in [5.74, 6) is 0.400. The van der Waals surface area contributed by atoms with E-state index >= 15 is 0 Å². The summed E-state index contributed by atoms with van der Waals surface area (Å²) in [4.78, 5) is 33.1. The Bertz CT molecular complexity index is 1680. The minimum Gasteiger partial charge on any atom is -0.490 e. The molecule has 0 aliphatic carbocycles. The van der Waals surface area contributed by atoms with Crippen LogP contribution in [-0.2, 0) is 9.59 Å². The molecular formula is C34H30ClN3O4S. The molecule has 4 aromatic carbocycles. The lowest BCUT2D eigenvalue weighted by atomic mass is 10.1. The summed E-state index contributed by atoms with van der Waals surface area (Å²) in [5, 5.41) is 3.93. The number of amides is 2. The Kier molecular flexibility index (Phi) is 9.49. The van der Waals surface area contributed by atoms with Crippen molar-refractivity contribution in [2.45, 2.75) is 20.8 Å². The van der Waals surface area contributed by atoms with Crippen LogP contribution in [0.1, 0.15) is 23.6 Å². The SMILES string of the molecule is CCOc1cc(/C=C2\SC(=Nc3ccc(C)cc3)N(c3ccc(C)cc3)C2=O)ccc1OCC(=O)Nc1ccc(Cl)cc1. The number of nitrogens with zero attached hydrogens (tertiary/aromatic N) is 2. The molecular weight excluding hydrogens is 582 g/mol. The van der Waals surface area contributed by atoms with Gasteiger partial charge in [0, 0.05) is 10.7 Å². The van der Waals surface area contributed by atoms with Gasteiger partial charge in [0.15, 0.2) is 23.3 Å². The number of amidine groups is 1. The zero-order valence-corrected chi connectivity index (χ0v) is 25.5. The smallest absolute Gasteiger partial charge is 0.271 e. The van der Waals surface area contributed by atoms with Crippen molar-refractivity contribution in [3.05, 3.63) is 118 Å². The zero-order valence-electron chi connectivity index (χ0n) is 24.0. The number of anilines is 2. The molecule has 2 amide bonds. The van der Waals surface area contributed by atoms with Gasteiger partial charge in [0.2, 0.25) is 0 Å². The van der Waals surface area contributed by atoms with Crippen LogP contribution in [0.5, 0.6) is 11.5 Å². The van der Waals surface area contributed by atoms with Crippen LogP contribution < -0.4 is 19.7 Å². The molecule has 7 nitrogen and oxygen atoms in total. The molecule has 0 aromatic heterocycles. The van der Waals surface area contributed by atoms with E-state index in [0.717, 1.165) is 28.1 Å². The van der Waals surface area contributed by atoms with Crippen LogP contribution in [0.4, 0.5) is 17.1 Å². The quantitative estimate of drug-likeness (QED) is 0.193. The third-order valence-electron chi connectivity index (χ3n) is 6.41. The van der Waals surface area contributed by atoms with Crippen molar-refractivity contribution >= 4 is 63.5 Å². The van der Waals surface area contributed by atoms with Gasteiger partial charge < -0.3 is 14.8 Å². The fraction of sp³-hybridized carbons (Fsp3) is 0.147. The van der Waals surface area contributed by atoms with Gasteiger partial charge in [0.1, 0.15) is 0 Å². The molecule has 4 aromatic rings. The minimum absolute atomic E-state index is 0.170. The highest BCUT2D eigenvalue weighted by Crippen LogP contribution is 2.38. The normalized spacial score (nSPS) is 14.8. The Morgan fingerprint density at radius 1 is 0.907 bits per heavy atom. The average Bonchev–Trinajstić information content (AvgIpc) is 3.29. The number of thioether (sulfide) groups is 1. The number of benzene rings is 4. The third kappa shape index (κ3) is 7.66. The molecule has 0 unspecified atom stereocenters. The second-order valence-electron chi connectivity index (χ2n) is 9.80.